The minimum atomic E-state index is -0.427. The van der Waals surface area contributed by atoms with Crippen LogP contribution < -0.4 is 0 Å². The number of nitrogens with zero attached hydrogens (tertiary/aromatic N) is 1. The van der Waals surface area contributed by atoms with Gasteiger partial charge in [0.15, 0.2) is 0 Å². The maximum atomic E-state index is 13.0. The number of benzene rings is 1. The van der Waals surface area contributed by atoms with Crippen molar-refractivity contribution < 1.29 is 14.0 Å². The van der Waals surface area contributed by atoms with Gasteiger partial charge in [0.05, 0.1) is 12.2 Å². The Labute approximate surface area is 101 Å². The van der Waals surface area contributed by atoms with Gasteiger partial charge in [-0.25, -0.2) is 9.45 Å². The molecule has 1 fully saturated rings. The van der Waals surface area contributed by atoms with Crippen LogP contribution in [0, 0.1) is 5.82 Å². The Balaban J connectivity index is 2.22. The van der Waals surface area contributed by atoms with E-state index in [-0.39, 0.29) is 5.91 Å². The minimum Gasteiger partial charge on any atom is -0.271 e. The third kappa shape index (κ3) is 2.41. The third-order valence-electron chi connectivity index (χ3n) is 2.39. The number of carbonyl (C=O) groups is 1. The van der Waals surface area contributed by atoms with Gasteiger partial charge >= 0.3 is 0 Å². The zero-order chi connectivity index (χ0) is 11.5. The molecule has 0 aliphatic carbocycles. The van der Waals surface area contributed by atoms with E-state index in [9.17, 15) is 9.18 Å². The Kier molecular flexibility index (Phi) is 3.56. The molecule has 1 aromatic rings. The second-order valence-corrected chi connectivity index (χ2v) is 4.43. The summed E-state index contributed by atoms with van der Waals surface area (Å²) < 4.78 is 13.6. The van der Waals surface area contributed by atoms with Crippen molar-refractivity contribution in [1.82, 2.24) is 5.06 Å². The summed E-state index contributed by atoms with van der Waals surface area (Å²) >= 11 is 3.23. The van der Waals surface area contributed by atoms with E-state index in [0.717, 1.165) is 12.8 Å². The Bertz CT molecular complexity index is 405. The lowest BCUT2D eigenvalue weighted by molar-refractivity contribution is -0.144. The first-order valence-corrected chi connectivity index (χ1v) is 5.87. The van der Waals surface area contributed by atoms with E-state index in [2.05, 4.69) is 15.9 Å². The largest absolute Gasteiger partial charge is 0.278 e. The molecule has 1 saturated heterocycles. The van der Waals surface area contributed by atoms with Crippen LogP contribution in [0.5, 0.6) is 0 Å². The van der Waals surface area contributed by atoms with Gasteiger partial charge in [-0.3, -0.25) is 9.63 Å². The van der Waals surface area contributed by atoms with E-state index < -0.39 is 5.82 Å². The van der Waals surface area contributed by atoms with Gasteiger partial charge in [0.2, 0.25) is 0 Å². The molecule has 0 radical (unpaired) electrons. The zero-order valence-corrected chi connectivity index (χ0v) is 10.2. The van der Waals surface area contributed by atoms with E-state index in [4.69, 9.17) is 4.84 Å². The van der Waals surface area contributed by atoms with Crippen LogP contribution in [0.3, 0.4) is 0 Å². The molecule has 1 aliphatic rings. The lowest BCUT2D eigenvalue weighted by Gasteiger charge is -2.26. The highest BCUT2D eigenvalue weighted by atomic mass is 79.9. The second kappa shape index (κ2) is 4.93. The number of amides is 1. The molecule has 0 unspecified atom stereocenters. The third-order valence-corrected chi connectivity index (χ3v) is 3.08. The van der Waals surface area contributed by atoms with Gasteiger partial charge < -0.3 is 0 Å². The Morgan fingerprint density at radius 3 is 2.94 bits per heavy atom. The lowest BCUT2D eigenvalue weighted by atomic mass is 10.2. The van der Waals surface area contributed by atoms with E-state index in [1.165, 1.54) is 23.3 Å². The van der Waals surface area contributed by atoms with Crippen LogP contribution in [0.15, 0.2) is 22.7 Å². The van der Waals surface area contributed by atoms with Crippen LogP contribution >= 0.6 is 15.9 Å². The van der Waals surface area contributed by atoms with E-state index in [0.29, 0.717) is 23.2 Å². The highest BCUT2D eigenvalue weighted by Gasteiger charge is 2.21. The maximum Gasteiger partial charge on any atom is 0.278 e. The maximum absolute atomic E-state index is 13.0. The number of hydroxylamine groups is 2. The molecule has 0 spiro atoms. The molecular weight excluding hydrogens is 277 g/mol. The van der Waals surface area contributed by atoms with Crippen molar-refractivity contribution in [2.24, 2.45) is 0 Å². The zero-order valence-electron chi connectivity index (χ0n) is 8.58. The first kappa shape index (κ1) is 11.5. The number of hydrogen-bond donors (Lipinski definition) is 0. The van der Waals surface area contributed by atoms with Gasteiger partial charge in [0, 0.05) is 11.0 Å². The van der Waals surface area contributed by atoms with Gasteiger partial charge in [-0.1, -0.05) is 0 Å². The summed E-state index contributed by atoms with van der Waals surface area (Å²) in [6.45, 7) is 1.10. The fourth-order valence-corrected chi connectivity index (χ4v) is 1.97. The molecule has 16 heavy (non-hydrogen) atoms. The summed E-state index contributed by atoms with van der Waals surface area (Å²) in [6, 6.07) is 4.04. The topological polar surface area (TPSA) is 29.5 Å². The molecule has 1 heterocycles. The molecule has 0 saturated carbocycles. The monoisotopic (exact) mass is 287 g/mol. The second-order valence-electron chi connectivity index (χ2n) is 3.57. The summed E-state index contributed by atoms with van der Waals surface area (Å²) in [7, 11) is 0. The van der Waals surface area contributed by atoms with Crippen LogP contribution in [0.4, 0.5) is 4.39 Å². The molecule has 0 N–H and O–H groups in total. The Morgan fingerprint density at radius 1 is 1.44 bits per heavy atom. The van der Waals surface area contributed by atoms with E-state index in [1.807, 2.05) is 0 Å². The summed E-state index contributed by atoms with van der Waals surface area (Å²) in [4.78, 5) is 17.2. The van der Waals surface area contributed by atoms with Crippen LogP contribution in [0.1, 0.15) is 23.2 Å². The normalized spacial score (nSPS) is 16.2. The summed E-state index contributed by atoms with van der Waals surface area (Å²) in [5.74, 6) is -0.727. The van der Waals surface area contributed by atoms with Crippen molar-refractivity contribution in [2.45, 2.75) is 12.8 Å². The Hall–Kier alpha value is -0.940. The fraction of sp³-hybridized carbons (Fsp3) is 0.364. The highest BCUT2D eigenvalue weighted by Crippen LogP contribution is 2.21. The molecule has 1 amide bonds. The number of hydrogen-bond acceptors (Lipinski definition) is 2. The number of rotatable bonds is 1. The van der Waals surface area contributed by atoms with Gasteiger partial charge in [0.25, 0.3) is 5.91 Å². The van der Waals surface area contributed by atoms with Gasteiger partial charge in [-0.15, -0.1) is 0 Å². The molecule has 86 valence electrons. The first-order valence-electron chi connectivity index (χ1n) is 5.08. The quantitative estimate of drug-likeness (QED) is 0.795. The number of carbonyl (C=O) groups excluding carboxylic acids is 1. The Morgan fingerprint density at radius 2 is 2.25 bits per heavy atom. The predicted molar refractivity (Wildman–Crippen MR) is 60.3 cm³/mol. The summed E-state index contributed by atoms with van der Waals surface area (Å²) in [6.07, 6.45) is 1.87. The molecule has 2 rings (SSSR count). The van der Waals surface area contributed by atoms with Crippen molar-refractivity contribution in [1.29, 1.82) is 0 Å². The molecule has 0 bridgehead atoms. The van der Waals surface area contributed by atoms with Crippen molar-refractivity contribution in [2.75, 3.05) is 13.2 Å². The van der Waals surface area contributed by atoms with E-state index in [1.54, 1.807) is 0 Å². The smallest absolute Gasteiger partial charge is 0.271 e. The highest BCUT2D eigenvalue weighted by molar-refractivity contribution is 9.10. The molecule has 1 aromatic carbocycles. The fourth-order valence-electron chi connectivity index (χ4n) is 1.55. The molecular formula is C11H11BrFNO2. The summed E-state index contributed by atoms with van der Waals surface area (Å²) in [5.41, 5.74) is 0.293. The van der Waals surface area contributed by atoms with Gasteiger partial charge in [-0.05, 0) is 47.0 Å². The van der Waals surface area contributed by atoms with Gasteiger partial charge in [0.1, 0.15) is 5.82 Å². The van der Waals surface area contributed by atoms with Crippen molar-refractivity contribution in [3.8, 4) is 0 Å². The minimum absolute atomic E-state index is 0.293. The predicted octanol–water partition coefficient (Wildman–Crippen LogP) is 2.76. The SMILES string of the molecule is O=C(c1cc(F)ccc1Br)N1CCCCO1. The van der Waals surface area contributed by atoms with Crippen LogP contribution in [0.25, 0.3) is 0 Å². The van der Waals surface area contributed by atoms with E-state index >= 15 is 0 Å². The molecule has 1 aliphatic heterocycles. The van der Waals surface area contributed by atoms with Crippen LogP contribution in [-0.2, 0) is 4.84 Å². The molecule has 0 atom stereocenters. The van der Waals surface area contributed by atoms with Gasteiger partial charge in [-0.2, -0.15) is 0 Å². The van der Waals surface area contributed by atoms with Crippen LogP contribution in [-0.4, -0.2) is 24.1 Å². The summed E-state index contributed by atoms with van der Waals surface area (Å²) in [5, 5.41) is 1.29. The molecule has 3 nitrogen and oxygen atoms in total. The molecule has 0 aromatic heterocycles. The lowest BCUT2D eigenvalue weighted by Crippen LogP contribution is -2.35. The first-order chi connectivity index (χ1) is 7.68. The standard InChI is InChI=1S/C11H11BrFNO2/c12-10-4-3-8(13)7-9(10)11(15)14-5-1-2-6-16-14/h3-4,7H,1-2,5-6H2. The van der Waals surface area contributed by atoms with Crippen molar-refractivity contribution >= 4 is 21.8 Å². The van der Waals surface area contributed by atoms with Crippen molar-refractivity contribution in [3.63, 3.8) is 0 Å². The number of halogens is 2. The average molecular weight is 288 g/mol. The van der Waals surface area contributed by atoms with Crippen molar-refractivity contribution in [3.05, 3.63) is 34.1 Å². The van der Waals surface area contributed by atoms with Crippen LogP contribution in [0.2, 0.25) is 0 Å². The molecule has 5 heteroatoms. The average Bonchev–Trinajstić information content (AvgIpc) is 2.32.